The van der Waals surface area contributed by atoms with Crippen molar-refractivity contribution >= 4 is 5.91 Å². The lowest BCUT2D eigenvalue weighted by Crippen LogP contribution is -2.49. The highest BCUT2D eigenvalue weighted by atomic mass is 16.5. The number of hydrogen-bond donors (Lipinski definition) is 1. The maximum absolute atomic E-state index is 13.1. The van der Waals surface area contributed by atoms with E-state index in [1.807, 2.05) is 24.3 Å². The quantitative estimate of drug-likeness (QED) is 0.657. The van der Waals surface area contributed by atoms with Crippen LogP contribution >= 0.6 is 0 Å². The molecule has 1 amide bonds. The van der Waals surface area contributed by atoms with Gasteiger partial charge in [-0.1, -0.05) is 26.0 Å². The summed E-state index contributed by atoms with van der Waals surface area (Å²) in [5, 5.41) is 14.8. The van der Waals surface area contributed by atoms with Gasteiger partial charge in [-0.05, 0) is 41.0 Å². The molecular weight excluding hydrogens is 384 g/mol. The largest absolute Gasteiger partial charge is 0.497 e. The second-order valence-electron chi connectivity index (χ2n) is 8.13. The second kappa shape index (κ2) is 10.5. The number of tetrazole rings is 1. The van der Waals surface area contributed by atoms with Crippen LogP contribution in [0.4, 0.5) is 0 Å². The number of carbonyl (C=O) groups is 1. The molecule has 9 nitrogen and oxygen atoms in total. The molecular formula is C21H32N6O3. The molecule has 2 aromatic rings. The number of nitrogens with zero attached hydrogens (tertiary/aromatic N) is 5. The zero-order valence-electron chi connectivity index (χ0n) is 18.2. The first-order valence-electron chi connectivity index (χ1n) is 10.4. The van der Waals surface area contributed by atoms with Gasteiger partial charge in [-0.2, -0.15) is 0 Å². The Morgan fingerprint density at radius 1 is 1.40 bits per heavy atom. The number of ether oxygens (including phenoxy) is 2. The summed E-state index contributed by atoms with van der Waals surface area (Å²) in [6.45, 7) is 10.2. The van der Waals surface area contributed by atoms with Crippen LogP contribution in [0.3, 0.4) is 0 Å². The number of hydrogen-bond acceptors (Lipinski definition) is 7. The summed E-state index contributed by atoms with van der Waals surface area (Å²) >= 11 is 0. The average molecular weight is 417 g/mol. The molecule has 1 aliphatic rings. The van der Waals surface area contributed by atoms with Crippen molar-refractivity contribution in [1.82, 2.24) is 30.4 Å². The molecule has 1 N–H and O–H groups in total. The van der Waals surface area contributed by atoms with E-state index in [1.165, 1.54) is 0 Å². The Morgan fingerprint density at radius 3 is 2.93 bits per heavy atom. The van der Waals surface area contributed by atoms with Crippen LogP contribution in [0.1, 0.15) is 31.3 Å². The zero-order valence-corrected chi connectivity index (χ0v) is 18.2. The summed E-state index contributed by atoms with van der Waals surface area (Å²) in [5.41, 5.74) is 0.974. The third-order valence-electron chi connectivity index (χ3n) is 5.17. The summed E-state index contributed by atoms with van der Waals surface area (Å²) in [6, 6.07) is 7.13. The van der Waals surface area contributed by atoms with Crippen LogP contribution in [-0.4, -0.2) is 77.0 Å². The van der Waals surface area contributed by atoms with Crippen LogP contribution in [0.5, 0.6) is 5.75 Å². The van der Waals surface area contributed by atoms with Crippen LogP contribution in [0.2, 0.25) is 0 Å². The SMILES string of the molecule is COc1cccc(C[C@@H](C(=O)NC[C@@H]2CN(CC(C)C)CCO2)n2nnnc2C)c1. The number of aromatic nitrogens is 4. The maximum atomic E-state index is 13.1. The monoisotopic (exact) mass is 416 g/mol. The number of methoxy groups -OCH3 is 1. The van der Waals surface area contributed by atoms with Crippen molar-refractivity contribution in [3.63, 3.8) is 0 Å². The fourth-order valence-corrected chi connectivity index (χ4v) is 3.76. The molecule has 1 aromatic carbocycles. The molecule has 0 radical (unpaired) electrons. The number of benzene rings is 1. The zero-order chi connectivity index (χ0) is 21.5. The van der Waals surface area contributed by atoms with Crippen LogP contribution < -0.4 is 10.1 Å². The second-order valence-corrected chi connectivity index (χ2v) is 8.13. The van der Waals surface area contributed by atoms with Crippen LogP contribution in [-0.2, 0) is 16.0 Å². The highest BCUT2D eigenvalue weighted by molar-refractivity contribution is 5.80. The predicted octanol–water partition coefficient (Wildman–Crippen LogP) is 1.25. The van der Waals surface area contributed by atoms with E-state index >= 15 is 0 Å². The summed E-state index contributed by atoms with van der Waals surface area (Å²) in [5.74, 6) is 1.82. The lowest BCUT2D eigenvalue weighted by molar-refractivity contribution is -0.126. The molecule has 30 heavy (non-hydrogen) atoms. The normalized spacial score (nSPS) is 18.4. The van der Waals surface area contributed by atoms with E-state index in [0.29, 0.717) is 31.3 Å². The Morgan fingerprint density at radius 2 is 2.23 bits per heavy atom. The highest BCUT2D eigenvalue weighted by Gasteiger charge is 2.27. The Labute approximate surface area is 177 Å². The predicted molar refractivity (Wildman–Crippen MR) is 112 cm³/mol. The molecule has 0 spiro atoms. The van der Waals surface area contributed by atoms with E-state index in [2.05, 4.69) is 39.6 Å². The molecule has 1 aliphatic heterocycles. The van der Waals surface area contributed by atoms with Gasteiger partial charge in [-0.25, -0.2) is 4.68 Å². The van der Waals surface area contributed by atoms with Crippen molar-refractivity contribution < 1.29 is 14.3 Å². The van der Waals surface area contributed by atoms with E-state index < -0.39 is 6.04 Å². The lowest BCUT2D eigenvalue weighted by Gasteiger charge is -2.34. The van der Waals surface area contributed by atoms with E-state index in [9.17, 15) is 4.79 Å². The minimum Gasteiger partial charge on any atom is -0.497 e. The third kappa shape index (κ3) is 5.99. The van der Waals surface area contributed by atoms with Gasteiger partial charge >= 0.3 is 0 Å². The van der Waals surface area contributed by atoms with Crippen molar-refractivity contribution in [3.05, 3.63) is 35.7 Å². The smallest absolute Gasteiger partial charge is 0.245 e. The van der Waals surface area contributed by atoms with Crippen molar-refractivity contribution in [2.75, 3.05) is 39.9 Å². The molecule has 1 fully saturated rings. The number of morpholine rings is 1. The number of carbonyl (C=O) groups excluding carboxylic acids is 1. The van der Waals surface area contributed by atoms with Gasteiger partial charge in [0.25, 0.3) is 0 Å². The molecule has 3 rings (SSSR count). The van der Waals surface area contributed by atoms with E-state index in [4.69, 9.17) is 9.47 Å². The van der Waals surface area contributed by atoms with Gasteiger partial charge in [0.1, 0.15) is 17.6 Å². The molecule has 1 aromatic heterocycles. The topological polar surface area (TPSA) is 94.4 Å². The number of amides is 1. The lowest BCUT2D eigenvalue weighted by atomic mass is 10.0. The molecule has 9 heteroatoms. The Kier molecular flexibility index (Phi) is 7.75. The number of nitrogens with one attached hydrogen (secondary N) is 1. The molecule has 164 valence electrons. The molecule has 0 unspecified atom stereocenters. The van der Waals surface area contributed by atoms with Gasteiger partial charge in [0.05, 0.1) is 19.8 Å². The molecule has 0 saturated carbocycles. The van der Waals surface area contributed by atoms with Crippen LogP contribution in [0.15, 0.2) is 24.3 Å². The molecule has 0 bridgehead atoms. The van der Waals surface area contributed by atoms with E-state index in [-0.39, 0.29) is 12.0 Å². The van der Waals surface area contributed by atoms with Gasteiger partial charge in [0.2, 0.25) is 5.91 Å². The Bertz CT molecular complexity index is 825. The standard InChI is InChI=1S/C21H32N6O3/c1-15(2)13-26-8-9-30-19(14-26)12-22-21(28)20(27-16(3)23-24-25-27)11-17-6-5-7-18(10-17)29-4/h5-7,10,15,19-20H,8-9,11-14H2,1-4H3,(H,22,28)/t19-,20+/m1/s1. The van der Waals surface area contributed by atoms with Crippen LogP contribution in [0.25, 0.3) is 0 Å². The number of aryl methyl sites for hydroxylation is 1. The highest BCUT2D eigenvalue weighted by Crippen LogP contribution is 2.19. The summed E-state index contributed by atoms with van der Waals surface area (Å²) in [7, 11) is 1.63. The summed E-state index contributed by atoms with van der Waals surface area (Å²) < 4.78 is 12.7. The number of rotatable bonds is 9. The first kappa shape index (κ1) is 22.2. The molecule has 1 saturated heterocycles. The van der Waals surface area contributed by atoms with E-state index in [1.54, 1.807) is 18.7 Å². The molecule has 2 heterocycles. The fourth-order valence-electron chi connectivity index (χ4n) is 3.76. The van der Waals surface area contributed by atoms with Crippen molar-refractivity contribution in [3.8, 4) is 5.75 Å². The average Bonchev–Trinajstić information content (AvgIpc) is 3.15. The molecule has 2 atom stereocenters. The van der Waals surface area contributed by atoms with Crippen LogP contribution in [0, 0.1) is 12.8 Å². The minimum absolute atomic E-state index is 0.0195. The maximum Gasteiger partial charge on any atom is 0.245 e. The Balaban J connectivity index is 1.66. The van der Waals surface area contributed by atoms with Gasteiger partial charge in [-0.15, -0.1) is 5.10 Å². The first-order valence-corrected chi connectivity index (χ1v) is 10.4. The van der Waals surface area contributed by atoms with Gasteiger partial charge in [0, 0.05) is 32.6 Å². The van der Waals surface area contributed by atoms with Gasteiger partial charge in [0.15, 0.2) is 0 Å². The first-order chi connectivity index (χ1) is 14.5. The van der Waals surface area contributed by atoms with Gasteiger partial charge in [-0.3, -0.25) is 9.69 Å². The molecule has 0 aliphatic carbocycles. The van der Waals surface area contributed by atoms with E-state index in [0.717, 1.165) is 30.9 Å². The minimum atomic E-state index is -0.553. The Hall–Kier alpha value is -2.52. The van der Waals surface area contributed by atoms with Crippen molar-refractivity contribution in [2.24, 2.45) is 5.92 Å². The fraction of sp³-hybridized carbons (Fsp3) is 0.619. The van der Waals surface area contributed by atoms with Crippen molar-refractivity contribution in [2.45, 2.75) is 39.3 Å². The summed E-state index contributed by atoms with van der Waals surface area (Å²) in [4.78, 5) is 15.5. The third-order valence-corrected chi connectivity index (χ3v) is 5.17. The summed E-state index contributed by atoms with van der Waals surface area (Å²) in [6.07, 6.45) is 0.439. The van der Waals surface area contributed by atoms with Gasteiger partial charge < -0.3 is 14.8 Å². The van der Waals surface area contributed by atoms with Crippen molar-refractivity contribution in [1.29, 1.82) is 0 Å².